The average molecular weight is 821 g/mol. The number of nitrogens with zero attached hydrogens (tertiary/aromatic N) is 10. The highest BCUT2D eigenvalue weighted by Crippen LogP contribution is 2.19. The Morgan fingerprint density at radius 3 is 1.40 bits per heavy atom. The molecule has 2 aromatic carbocycles. The number of carbonyl (C=O) groups is 4. The van der Waals surface area contributed by atoms with Gasteiger partial charge in [-0.25, -0.2) is 28.1 Å². The van der Waals surface area contributed by atoms with Crippen molar-refractivity contribution in [1.82, 2.24) is 49.3 Å². The number of pyridine rings is 2. The third kappa shape index (κ3) is 8.76. The molecular weight excluding hydrogens is 783 g/mol. The molecule has 0 spiro atoms. The van der Waals surface area contributed by atoms with E-state index in [0.717, 1.165) is 0 Å². The minimum atomic E-state index is -0.833. The van der Waals surface area contributed by atoms with Gasteiger partial charge >= 0.3 is 0 Å². The van der Waals surface area contributed by atoms with Gasteiger partial charge in [0.25, 0.3) is 22.9 Å². The number of likely N-dealkylation sites (N-methyl/N-ethyl adjacent to an activating group) is 2. The van der Waals surface area contributed by atoms with Crippen LogP contribution < -0.4 is 31.6 Å². The van der Waals surface area contributed by atoms with Crippen LogP contribution in [0.15, 0.2) is 107 Å². The number of halogens is 2. The van der Waals surface area contributed by atoms with Crippen molar-refractivity contribution in [2.75, 3.05) is 23.9 Å². The van der Waals surface area contributed by atoms with Crippen molar-refractivity contribution < 1.29 is 28.0 Å². The molecule has 2 atom stereocenters. The summed E-state index contributed by atoms with van der Waals surface area (Å²) < 4.78 is 33.3. The Balaban J connectivity index is 0.000000181. The smallest absolute Gasteiger partial charge is 0.291 e. The Labute approximate surface area is 339 Å². The summed E-state index contributed by atoms with van der Waals surface area (Å²) in [5.74, 6) is -1.98. The van der Waals surface area contributed by atoms with Gasteiger partial charge in [0.15, 0.2) is 0 Å². The topological polar surface area (TPSA) is 204 Å². The summed E-state index contributed by atoms with van der Waals surface area (Å²) in [7, 11) is 3.11. The van der Waals surface area contributed by atoms with Gasteiger partial charge in [0.2, 0.25) is 23.5 Å². The molecule has 20 heteroatoms. The molecule has 0 saturated carbocycles. The van der Waals surface area contributed by atoms with Gasteiger partial charge in [-0.3, -0.25) is 47.7 Å². The van der Waals surface area contributed by atoms with Crippen molar-refractivity contribution in [2.24, 2.45) is 0 Å². The maximum atomic E-state index is 13.8. The number of benzene rings is 2. The predicted octanol–water partition coefficient (Wildman–Crippen LogP) is 1.58. The highest BCUT2D eigenvalue weighted by molar-refractivity contribution is 6.01. The van der Waals surface area contributed by atoms with E-state index >= 15 is 0 Å². The molecule has 0 radical (unpaired) electrons. The van der Waals surface area contributed by atoms with E-state index in [4.69, 9.17) is 0 Å². The second-order valence-electron chi connectivity index (χ2n) is 13.9. The molecule has 0 saturated heterocycles. The van der Waals surface area contributed by atoms with Gasteiger partial charge in [-0.1, -0.05) is 48.5 Å². The number of aromatic nitrogens is 8. The first-order valence-corrected chi connectivity index (χ1v) is 18.7. The number of hydrogen-bond acceptors (Lipinski definition) is 10. The first-order valence-electron chi connectivity index (χ1n) is 18.7. The van der Waals surface area contributed by atoms with Crippen molar-refractivity contribution in [3.05, 3.63) is 153 Å². The van der Waals surface area contributed by atoms with Crippen molar-refractivity contribution >= 4 is 35.3 Å². The summed E-state index contributed by atoms with van der Waals surface area (Å²) in [5.41, 5.74) is 0.400. The van der Waals surface area contributed by atoms with Crippen LogP contribution in [0.3, 0.4) is 0 Å². The fourth-order valence-corrected chi connectivity index (χ4v) is 6.78. The number of hydrogen-bond donors (Lipinski definition) is 2. The lowest BCUT2D eigenvalue weighted by atomic mass is 10.2. The second-order valence-corrected chi connectivity index (χ2v) is 13.9. The Bertz CT molecular complexity index is 2530. The third-order valence-corrected chi connectivity index (χ3v) is 9.95. The van der Waals surface area contributed by atoms with Gasteiger partial charge in [0.05, 0.1) is 13.1 Å². The first kappa shape index (κ1) is 40.6. The normalized spacial score (nSPS) is 16.1. The molecule has 2 aliphatic rings. The van der Waals surface area contributed by atoms with Gasteiger partial charge in [0.1, 0.15) is 48.0 Å². The maximum absolute atomic E-state index is 13.8. The largest absolute Gasteiger partial charge is 0.337 e. The highest BCUT2D eigenvalue weighted by Gasteiger charge is 2.32. The van der Waals surface area contributed by atoms with Crippen LogP contribution in [0.1, 0.15) is 45.2 Å². The molecule has 2 N–H and O–H groups in total. The molecule has 4 aromatic heterocycles. The molecule has 18 nitrogen and oxygen atoms in total. The summed E-state index contributed by atoms with van der Waals surface area (Å²) >= 11 is 0. The monoisotopic (exact) mass is 820 g/mol. The maximum Gasteiger partial charge on any atom is 0.291 e. The summed E-state index contributed by atoms with van der Waals surface area (Å²) in [6, 6.07) is 20.2. The molecule has 6 heterocycles. The number of nitrogens with one attached hydrogen (secondary N) is 2. The zero-order chi connectivity index (χ0) is 42.5. The number of rotatable bonds is 8. The summed E-state index contributed by atoms with van der Waals surface area (Å²) in [4.78, 5) is 85.5. The van der Waals surface area contributed by atoms with Crippen molar-refractivity contribution in [3.63, 3.8) is 0 Å². The standard InChI is InChI=1S/2C20H19FN6O3/c2*1-25-16-7-4-8-17(28)27(16)10-9-15(20(25)30)23-19(29)18-22-12-26(24-18)11-13-5-2-3-6-14(13)21/h2*2-8,12,15H,9-11H2,1H3,(H,23,29)/t2*15-/m10/s1. The predicted molar refractivity (Wildman–Crippen MR) is 211 cm³/mol. The summed E-state index contributed by atoms with van der Waals surface area (Å²) in [6.45, 7) is 0.808. The van der Waals surface area contributed by atoms with Crippen LogP contribution in [0.4, 0.5) is 20.4 Å². The molecule has 0 aliphatic carbocycles. The van der Waals surface area contributed by atoms with Crippen molar-refractivity contribution in [2.45, 2.75) is 51.1 Å². The number of fused-ring (bicyclic) bond motifs is 2. The van der Waals surface area contributed by atoms with Gasteiger partial charge in [-0.15, -0.1) is 10.2 Å². The zero-order valence-corrected chi connectivity index (χ0v) is 32.3. The van der Waals surface area contributed by atoms with Crippen LogP contribution in [0.2, 0.25) is 0 Å². The van der Waals surface area contributed by atoms with Gasteiger partial charge in [0, 0.05) is 50.4 Å². The molecule has 8 rings (SSSR count). The van der Waals surface area contributed by atoms with Crippen LogP contribution >= 0.6 is 0 Å². The molecule has 2 aliphatic heterocycles. The number of amides is 4. The average Bonchev–Trinajstić information content (AvgIpc) is 3.88. The Morgan fingerprint density at radius 2 is 1.00 bits per heavy atom. The summed E-state index contributed by atoms with van der Waals surface area (Å²) in [6.07, 6.45) is 3.17. The van der Waals surface area contributed by atoms with Crippen LogP contribution in [0.5, 0.6) is 0 Å². The minimum absolute atomic E-state index is 0.121. The summed E-state index contributed by atoms with van der Waals surface area (Å²) in [5, 5.41) is 13.4. The van der Waals surface area contributed by atoms with E-state index in [9.17, 15) is 37.5 Å². The zero-order valence-electron chi connectivity index (χ0n) is 32.3. The lowest BCUT2D eigenvalue weighted by molar-refractivity contribution is -0.120. The molecular formula is C40H38F2N12O6. The number of anilines is 2. The fourth-order valence-electron chi connectivity index (χ4n) is 6.78. The molecule has 0 fully saturated rings. The molecule has 0 bridgehead atoms. The van der Waals surface area contributed by atoms with Crippen LogP contribution in [0, 0.1) is 11.6 Å². The van der Waals surface area contributed by atoms with Crippen LogP contribution in [-0.2, 0) is 35.8 Å². The number of carbonyl (C=O) groups excluding carboxylic acids is 4. The van der Waals surface area contributed by atoms with Crippen molar-refractivity contribution in [3.8, 4) is 0 Å². The minimum Gasteiger partial charge on any atom is -0.337 e. The van der Waals surface area contributed by atoms with E-state index in [1.807, 2.05) is 0 Å². The molecule has 308 valence electrons. The van der Waals surface area contributed by atoms with Gasteiger partial charge in [-0.2, -0.15) is 0 Å². The van der Waals surface area contributed by atoms with E-state index < -0.39 is 23.9 Å². The van der Waals surface area contributed by atoms with Crippen LogP contribution in [0.25, 0.3) is 0 Å². The Hall–Kier alpha value is -7.64. The lowest BCUT2D eigenvalue weighted by Crippen LogP contribution is -2.47. The first-order chi connectivity index (χ1) is 28.9. The Morgan fingerprint density at radius 1 is 0.600 bits per heavy atom. The second kappa shape index (κ2) is 17.5. The molecule has 0 unspecified atom stereocenters. The van der Waals surface area contributed by atoms with E-state index in [0.29, 0.717) is 22.8 Å². The van der Waals surface area contributed by atoms with E-state index in [1.54, 1.807) is 74.8 Å². The molecule has 4 amide bonds. The van der Waals surface area contributed by atoms with Gasteiger partial charge < -0.3 is 10.6 Å². The van der Waals surface area contributed by atoms with Crippen molar-refractivity contribution in [1.29, 1.82) is 0 Å². The molecule has 6 aromatic rings. The quantitative estimate of drug-likeness (QED) is 0.227. The van der Waals surface area contributed by atoms with E-state index in [-0.39, 0.29) is 85.2 Å². The fraction of sp³-hybridized carbons (Fsp3) is 0.250. The van der Waals surface area contributed by atoms with E-state index in [2.05, 4.69) is 30.8 Å². The van der Waals surface area contributed by atoms with Crippen LogP contribution in [-0.4, -0.2) is 88.5 Å². The Kier molecular flexibility index (Phi) is 11.8. The lowest BCUT2D eigenvalue weighted by Gasteiger charge is -2.21. The third-order valence-electron chi connectivity index (χ3n) is 9.95. The SMILES string of the molecule is CN1C(=O)[C@@H](NC(=O)c2ncn(Cc3ccccc3F)n2)CCn2c1cccc2=O.CN1C(=O)[C@H](NC(=O)c2ncn(Cc3ccccc3F)n2)CCn2c1cccc2=O. The van der Waals surface area contributed by atoms with Gasteiger partial charge in [-0.05, 0) is 37.1 Å². The highest BCUT2D eigenvalue weighted by atomic mass is 19.1. The molecule has 60 heavy (non-hydrogen) atoms. The van der Waals surface area contributed by atoms with E-state index in [1.165, 1.54) is 65.2 Å².